The van der Waals surface area contributed by atoms with Crippen LogP contribution in [0.4, 0.5) is 0 Å². The predicted molar refractivity (Wildman–Crippen MR) is 59.3 cm³/mol. The molecule has 0 aliphatic carbocycles. The molecule has 0 fully saturated rings. The molecule has 0 saturated carbocycles. The molecule has 0 heterocycles. The molecule has 1 aromatic rings. The molecule has 0 unspecified atom stereocenters. The largest absolute Gasteiger partial charge is 0.457 e. The fourth-order valence-electron chi connectivity index (χ4n) is 1.15. The summed E-state index contributed by atoms with van der Waals surface area (Å²) in [7, 11) is 2.99. The van der Waals surface area contributed by atoms with Crippen molar-refractivity contribution in [3.8, 4) is 0 Å². The van der Waals surface area contributed by atoms with E-state index >= 15 is 0 Å². The van der Waals surface area contributed by atoms with Crippen LogP contribution in [0.2, 0.25) is 0 Å². The van der Waals surface area contributed by atoms with Crippen LogP contribution in [0.3, 0.4) is 0 Å². The summed E-state index contributed by atoms with van der Waals surface area (Å²) in [5.41, 5.74) is 1.62. The average molecular weight is 224 g/mol. The van der Waals surface area contributed by atoms with E-state index in [9.17, 15) is 4.79 Å². The SMILES string of the molecule is COC(COC(=O)c1ccc(C)cc1)OC. The summed E-state index contributed by atoms with van der Waals surface area (Å²) in [5.74, 6) is -0.376. The van der Waals surface area contributed by atoms with Gasteiger partial charge in [-0.2, -0.15) is 0 Å². The minimum atomic E-state index is -0.519. The van der Waals surface area contributed by atoms with Crippen LogP contribution in [-0.2, 0) is 14.2 Å². The standard InChI is InChI=1S/C12H16O4/c1-9-4-6-10(7-5-9)12(13)16-8-11(14-2)15-3/h4-7,11H,8H2,1-3H3. The Labute approximate surface area is 95.1 Å². The topological polar surface area (TPSA) is 44.8 Å². The molecular formula is C12H16O4. The molecule has 0 amide bonds. The predicted octanol–water partition coefficient (Wildman–Crippen LogP) is 1.77. The van der Waals surface area contributed by atoms with Crippen molar-refractivity contribution >= 4 is 5.97 Å². The van der Waals surface area contributed by atoms with Gasteiger partial charge in [0, 0.05) is 14.2 Å². The van der Waals surface area contributed by atoms with Gasteiger partial charge in [0.25, 0.3) is 0 Å². The molecule has 4 heteroatoms. The smallest absolute Gasteiger partial charge is 0.338 e. The summed E-state index contributed by atoms with van der Waals surface area (Å²) in [6.07, 6.45) is -0.519. The van der Waals surface area contributed by atoms with E-state index in [-0.39, 0.29) is 12.6 Å². The van der Waals surface area contributed by atoms with E-state index in [1.807, 2.05) is 19.1 Å². The Bertz CT molecular complexity index is 327. The highest BCUT2D eigenvalue weighted by molar-refractivity contribution is 5.89. The second kappa shape index (κ2) is 6.25. The van der Waals surface area contributed by atoms with Gasteiger partial charge in [0.15, 0.2) is 6.29 Å². The molecule has 1 aromatic carbocycles. The number of ether oxygens (including phenoxy) is 3. The average Bonchev–Trinajstić information content (AvgIpc) is 2.31. The number of hydrogen-bond acceptors (Lipinski definition) is 4. The number of rotatable bonds is 5. The van der Waals surface area contributed by atoms with Crippen LogP contribution in [0.1, 0.15) is 15.9 Å². The van der Waals surface area contributed by atoms with Crippen LogP contribution in [0, 0.1) is 6.92 Å². The third-order valence-electron chi connectivity index (χ3n) is 2.16. The van der Waals surface area contributed by atoms with E-state index in [0.29, 0.717) is 5.56 Å². The van der Waals surface area contributed by atoms with E-state index in [4.69, 9.17) is 14.2 Å². The Balaban J connectivity index is 2.49. The molecule has 1 rings (SSSR count). The Morgan fingerprint density at radius 1 is 1.19 bits per heavy atom. The van der Waals surface area contributed by atoms with Crippen molar-refractivity contribution in [3.05, 3.63) is 35.4 Å². The highest BCUT2D eigenvalue weighted by Gasteiger charge is 2.11. The van der Waals surface area contributed by atoms with Gasteiger partial charge in [-0.05, 0) is 19.1 Å². The summed E-state index contributed by atoms with van der Waals surface area (Å²) in [6.45, 7) is 2.04. The number of esters is 1. The van der Waals surface area contributed by atoms with Gasteiger partial charge in [0.1, 0.15) is 6.61 Å². The lowest BCUT2D eigenvalue weighted by Crippen LogP contribution is -2.22. The second-order valence-electron chi connectivity index (χ2n) is 3.37. The lowest BCUT2D eigenvalue weighted by molar-refractivity contribution is -0.129. The Kier molecular flexibility index (Phi) is 4.95. The van der Waals surface area contributed by atoms with Crippen molar-refractivity contribution in [1.82, 2.24) is 0 Å². The first kappa shape index (κ1) is 12.7. The van der Waals surface area contributed by atoms with Crippen molar-refractivity contribution in [2.45, 2.75) is 13.2 Å². The number of methoxy groups -OCH3 is 2. The molecule has 0 saturated heterocycles. The maximum absolute atomic E-state index is 11.6. The van der Waals surface area contributed by atoms with Gasteiger partial charge in [-0.1, -0.05) is 17.7 Å². The zero-order valence-electron chi connectivity index (χ0n) is 9.73. The maximum atomic E-state index is 11.6. The Morgan fingerprint density at radius 2 is 1.75 bits per heavy atom. The first-order valence-electron chi connectivity index (χ1n) is 4.96. The normalized spacial score (nSPS) is 10.5. The second-order valence-corrected chi connectivity index (χ2v) is 3.37. The molecular weight excluding hydrogens is 208 g/mol. The van der Waals surface area contributed by atoms with Crippen molar-refractivity contribution in [2.24, 2.45) is 0 Å². The van der Waals surface area contributed by atoms with Crippen molar-refractivity contribution in [1.29, 1.82) is 0 Å². The van der Waals surface area contributed by atoms with Crippen LogP contribution >= 0.6 is 0 Å². The minimum absolute atomic E-state index is 0.0830. The van der Waals surface area contributed by atoms with E-state index in [0.717, 1.165) is 5.56 Å². The summed E-state index contributed by atoms with van der Waals surface area (Å²) in [4.78, 5) is 11.6. The maximum Gasteiger partial charge on any atom is 0.338 e. The monoisotopic (exact) mass is 224 g/mol. The highest BCUT2D eigenvalue weighted by Crippen LogP contribution is 2.05. The number of benzene rings is 1. The van der Waals surface area contributed by atoms with Crippen LogP contribution in [0.15, 0.2) is 24.3 Å². The number of carbonyl (C=O) groups is 1. The highest BCUT2D eigenvalue weighted by atomic mass is 16.7. The molecule has 0 aliphatic heterocycles. The van der Waals surface area contributed by atoms with Gasteiger partial charge in [0.05, 0.1) is 5.56 Å². The van der Waals surface area contributed by atoms with E-state index < -0.39 is 6.29 Å². The van der Waals surface area contributed by atoms with Crippen LogP contribution < -0.4 is 0 Å². The third-order valence-corrected chi connectivity index (χ3v) is 2.16. The van der Waals surface area contributed by atoms with Crippen molar-refractivity contribution in [2.75, 3.05) is 20.8 Å². The number of hydrogen-bond donors (Lipinski definition) is 0. The molecule has 0 atom stereocenters. The van der Waals surface area contributed by atoms with Gasteiger partial charge in [0.2, 0.25) is 0 Å². The van der Waals surface area contributed by atoms with Crippen LogP contribution in [0.25, 0.3) is 0 Å². The van der Waals surface area contributed by atoms with Crippen LogP contribution in [-0.4, -0.2) is 33.1 Å². The quantitative estimate of drug-likeness (QED) is 0.565. The van der Waals surface area contributed by atoms with Crippen molar-refractivity contribution in [3.63, 3.8) is 0 Å². The molecule has 0 bridgehead atoms. The summed E-state index contributed by atoms with van der Waals surface area (Å²) in [6, 6.07) is 7.18. The fraction of sp³-hybridized carbons (Fsp3) is 0.417. The summed E-state index contributed by atoms with van der Waals surface area (Å²) < 4.78 is 14.8. The van der Waals surface area contributed by atoms with E-state index in [1.54, 1.807) is 12.1 Å². The summed E-state index contributed by atoms with van der Waals surface area (Å²) in [5, 5.41) is 0. The molecule has 4 nitrogen and oxygen atoms in total. The zero-order valence-corrected chi connectivity index (χ0v) is 9.73. The van der Waals surface area contributed by atoms with Gasteiger partial charge in [-0.25, -0.2) is 4.79 Å². The summed E-state index contributed by atoms with van der Waals surface area (Å²) >= 11 is 0. The van der Waals surface area contributed by atoms with Crippen LogP contribution in [0.5, 0.6) is 0 Å². The molecule has 0 aliphatic rings. The van der Waals surface area contributed by atoms with Gasteiger partial charge < -0.3 is 14.2 Å². The molecule has 0 radical (unpaired) electrons. The molecule has 0 spiro atoms. The molecule has 88 valence electrons. The zero-order chi connectivity index (χ0) is 12.0. The van der Waals surface area contributed by atoms with Gasteiger partial charge in [-0.3, -0.25) is 0 Å². The Morgan fingerprint density at radius 3 is 2.25 bits per heavy atom. The third kappa shape index (κ3) is 3.64. The number of aryl methyl sites for hydroxylation is 1. The van der Waals surface area contributed by atoms with Crippen molar-refractivity contribution < 1.29 is 19.0 Å². The number of carbonyl (C=O) groups excluding carboxylic acids is 1. The molecule has 0 aromatic heterocycles. The van der Waals surface area contributed by atoms with E-state index in [1.165, 1.54) is 14.2 Å². The Hall–Kier alpha value is -1.39. The van der Waals surface area contributed by atoms with Gasteiger partial charge >= 0.3 is 5.97 Å². The van der Waals surface area contributed by atoms with E-state index in [2.05, 4.69) is 0 Å². The van der Waals surface area contributed by atoms with Gasteiger partial charge in [-0.15, -0.1) is 0 Å². The molecule has 0 N–H and O–H groups in total. The fourth-order valence-corrected chi connectivity index (χ4v) is 1.15. The minimum Gasteiger partial charge on any atom is -0.457 e. The lowest BCUT2D eigenvalue weighted by atomic mass is 10.1. The first-order valence-corrected chi connectivity index (χ1v) is 4.96. The molecule has 16 heavy (non-hydrogen) atoms. The first-order chi connectivity index (χ1) is 7.67. The lowest BCUT2D eigenvalue weighted by Gasteiger charge is -2.13.